The third-order valence-electron chi connectivity index (χ3n) is 2.63. The highest BCUT2D eigenvalue weighted by atomic mass is 16.5. The Balaban J connectivity index is 2.46. The fourth-order valence-electron chi connectivity index (χ4n) is 1.63. The molecule has 1 rings (SSSR count). The van der Waals surface area contributed by atoms with Gasteiger partial charge in [0.1, 0.15) is 5.75 Å². The molecule has 0 bridgehead atoms. The van der Waals surface area contributed by atoms with Gasteiger partial charge in [0.25, 0.3) is 0 Å². The van der Waals surface area contributed by atoms with E-state index in [1.54, 1.807) is 0 Å². The lowest BCUT2D eigenvalue weighted by atomic mass is 10.2. The molecule has 0 radical (unpaired) electrons. The first kappa shape index (κ1) is 15.5. The van der Waals surface area contributed by atoms with Gasteiger partial charge in [-0.3, -0.25) is 4.79 Å². The van der Waals surface area contributed by atoms with Gasteiger partial charge in [-0.2, -0.15) is 0 Å². The van der Waals surface area contributed by atoms with Crippen molar-refractivity contribution >= 4 is 5.97 Å². The molecule has 0 atom stereocenters. The summed E-state index contributed by atoms with van der Waals surface area (Å²) in [6.07, 6.45) is 0.268. The molecule has 19 heavy (non-hydrogen) atoms. The van der Waals surface area contributed by atoms with Gasteiger partial charge in [-0.05, 0) is 18.5 Å². The van der Waals surface area contributed by atoms with E-state index in [-0.39, 0.29) is 12.4 Å². The van der Waals surface area contributed by atoms with E-state index in [1.165, 1.54) is 7.11 Å². The number of para-hydroxylation sites is 1. The Morgan fingerprint density at radius 1 is 1.32 bits per heavy atom. The minimum absolute atomic E-state index is 0.254. The molecule has 1 N–H and O–H groups in total. The van der Waals surface area contributed by atoms with Crippen molar-refractivity contribution < 1.29 is 14.3 Å². The fraction of sp³-hybridized carbons (Fsp3) is 0.533. The van der Waals surface area contributed by atoms with Gasteiger partial charge in [0.2, 0.25) is 0 Å². The first-order valence-electron chi connectivity index (χ1n) is 6.61. The molecule has 0 fully saturated rings. The summed E-state index contributed by atoms with van der Waals surface area (Å²) in [5.74, 6) is 1.19. The Kier molecular flexibility index (Phi) is 6.97. The first-order chi connectivity index (χ1) is 9.13. The molecule has 0 saturated heterocycles. The zero-order chi connectivity index (χ0) is 14.1. The molecule has 0 aromatic heterocycles. The van der Waals surface area contributed by atoms with Crippen LogP contribution >= 0.6 is 0 Å². The van der Waals surface area contributed by atoms with Crippen molar-refractivity contribution in [1.82, 2.24) is 5.32 Å². The van der Waals surface area contributed by atoms with Gasteiger partial charge in [0.15, 0.2) is 0 Å². The van der Waals surface area contributed by atoms with E-state index < -0.39 is 0 Å². The molecule has 4 nitrogen and oxygen atoms in total. The topological polar surface area (TPSA) is 47.6 Å². The summed E-state index contributed by atoms with van der Waals surface area (Å²) in [6, 6.07) is 7.86. The van der Waals surface area contributed by atoms with E-state index in [1.807, 2.05) is 24.3 Å². The first-order valence-corrected chi connectivity index (χ1v) is 6.61. The number of ether oxygens (including phenoxy) is 2. The second kappa shape index (κ2) is 8.53. The van der Waals surface area contributed by atoms with E-state index in [2.05, 4.69) is 23.9 Å². The lowest BCUT2D eigenvalue weighted by Crippen LogP contribution is -2.19. The molecule has 1 aromatic rings. The van der Waals surface area contributed by atoms with Crippen LogP contribution in [-0.4, -0.2) is 26.2 Å². The highest BCUT2D eigenvalue weighted by molar-refractivity contribution is 5.69. The summed E-state index contributed by atoms with van der Waals surface area (Å²) in [6.45, 7) is 6.43. The number of carbonyl (C=O) groups is 1. The molecule has 0 amide bonds. The Labute approximate surface area is 115 Å². The van der Waals surface area contributed by atoms with Gasteiger partial charge >= 0.3 is 5.97 Å². The molecule has 106 valence electrons. The van der Waals surface area contributed by atoms with Gasteiger partial charge in [-0.25, -0.2) is 0 Å². The van der Waals surface area contributed by atoms with E-state index in [0.717, 1.165) is 24.4 Å². The zero-order valence-electron chi connectivity index (χ0n) is 11.9. The predicted octanol–water partition coefficient (Wildman–Crippen LogP) is 2.37. The van der Waals surface area contributed by atoms with Crippen LogP contribution in [0.4, 0.5) is 0 Å². The summed E-state index contributed by atoms with van der Waals surface area (Å²) < 4.78 is 10.2. The van der Waals surface area contributed by atoms with Crippen molar-refractivity contribution in [2.45, 2.75) is 26.8 Å². The third-order valence-corrected chi connectivity index (χ3v) is 2.63. The van der Waals surface area contributed by atoms with Crippen molar-refractivity contribution in [2.75, 3.05) is 20.3 Å². The van der Waals surface area contributed by atoms with Crippen molar-refractivity contribution in [3.05, 3.63) is 29.8 Å². The monoisotopic (exact) mass is 265 g/mol. The van der Waals surface area contributed by atoms with Crippen LogP contribution < -0.4 is 10.1 Å². The van der Waals surface area contributed by atoms with E-state index >= 15 is 0 Å². The van der Waals surface area contributed by atoms with Crippen LogP contribution in [0.15, 0.2) is 24.3 Å². The molecule has 4 heteroatoms. The normalized spacial score (nSPS) is 10.5. The van der Waals surface area contributed by atoms with Crippen LogP contribution in [0.3, 0.4) is 0 Å². The number of carbonyl (C=O) groups excluding carboxylic acids is 1. The minimum atomic E-state index is -0.254. The zero-order valence-corrected chi connectivity index (χ0v) is 11.9. The lowest BCUT2D eigenvalue weighted by molar-refractivity contribution is -0.141. The number of methoxy groups -OCH3 is 1. The van der Waals surface area contributed by atoms with Crippen LogP contribution in [-0.2, 0) is 16.1 Å². The lowest BCUT2D eigenvalue weighted by Gasteiger charge is -2.12. The van der Waals surface area contributed by atoms with Crippen LogP contribution in [0.25, 0.3) is 0 Å². The number of esters is 1. The van der Waals surface area contributed by atoms with E-state index in [0.29, 0.717) is 12.5 Å². The molecule has 0 saturated carbocycles. The van der Waals surface area contributed by atoms with Crippen LogP contribution in [0, 0.1) is 5.92 Å². The Morgan fingerprint density at radius 3 is 2.74 bits per heavy atom. The van der Waals surface area contributed by atoms with Crippen molar-refractivity contribution in [1.29, 1.82) is 0 Å². The summed E-state index contributed by atoms with van der Waals surface area (Å²) in [5, 5.41) is 3.38. The SMILES string of the molecule is COC(=O)CCOc1ccccc1CNCC(C)C. The number of rotatable bonds is 8. The quantitative estimate of drug-likeness (QED) is 0.733. The highest BCUT2D eigenvalue weighted by Gasteiger charge is 2.05. The summed E-state index contributed by atoms with van der Waals surface area (Å²) in [7, 11) is 1.38. The minimum Gasteiger partial charge on any atom is -0.493 e. The van der Waals surface area contributed by atoms with Crippen molar-refractivity contribution in [2.24, 2.45) is 5.92 Å². The van der Waals surface area contributed by atoms with Gasteiger partial charge < -0.3 is 14.8 Å². The maximum atomic E-state index is 11.0. The predicted molar refractivity (Wildman–Crippen MR) is 75.1 cm³/mol. The maximum Gasteiger partial charge on any atom is 0.308 e. The van der Waals surface area contributed by atoms with Crippen LogP contribution in [0.2, 0.25) is 0 Å². The average molecular weight is 265 g/mol. The molecular formula is C15H23NO3. The Hall–Kier alpha value is -1.55. The smallest absolute Gasteiger partial charge is 0.308 e. The van der Waals surface area contributed by atoms with Gasteiger partial charge in [0.05, 0.1) is 20.1 Å². The third kappa shape index (κ3) is 6.25. The molecular weight excluding hydrogens is 242 g/mol. The molecule has 0 aliphatic heterocycles. The Morgan fingerprint density at radius 2 is 2.05 bits per heavy atom. The van der Waals surface area contributed by atoms with Crippen LogP contribution in [0.1, 0.15) is 25.8 Å². The molecule has 0 heterocycles. The number of nitrogens with one attached hydrogen (secondary N) is 1. The summed E-state index contributed by atoms with van der Waals surface area (Å²) in [5.41, 5.74) is 1.10. The molecule has 0 spiro atoms. The van der Waals surface area contributed by atoms with Gasteiger partial charge in [0, 0.05) is 12.1 Å². The fourth-order valence-corrected chi connectivity index (χ4v) is 1.63. The number of hydrogen-bond donors (Lipinski definition) is 1. The largest absolute Gasteiger partial charge is 0.493 e. The van der Waals surface area contributed by atoms with E-state index in [9.17, 15) is 4.79 Å². The summed E-state index contributed by atoms with van der Waals surface area (Å²) >= 11 is 0. The molecule has 0 unspecified atom stereocenters. The average Bonchev–Trinajstić information content (AvgIpc) is 2.40. The second-order valence-corrected chi connectivity index (χ2v) is 4.81. The summed E-state index contributed by atoms with van der Waals surface area (Å²) in [4.78, 5) is 11.0. The van der Waals surface area contributed by atoms with Crippen LogP contribution in [0.5, 0.6) is 5.75 Å². The molecule has 1 aromatic carbocycles. The van der Waals surface area contributed by atoms with Gasteiger partial charge in [-0.15, -0.1) is 0 Å². The number of benzene rings is 1. The molecule has 0 aliphatic rings. The van der Waals surface area contributed by atoms with E-state index in [4.69, 9.17) is 4.74 Å². The van der Waals surface area contributed by atoms with Gasteiger partial charge in [-0.1, -0.05) is 32.0 Å². The standard InChI is InChI=1S/C15H23NO3/c1-12(2)10-16-11-13-6-4-5-7-14(13)19-9-8-15(17)18-3/h4-7,12,16H,8-11H2,1-3H3. The number of hydrogen-bond acceptors (Lipinski definition) is 4. The highest BCUT2D eigenvalue weighted by Crippen LogP contribution is 2.18. The van der Waals surface area contributed by atoms with Crippen molar-refractivity contribution in [3.8, 4) is 5.75 Å². The Bertz CT molecular complexity index is 391. The van der Waals surface area contributed by atoms with Crippen molar-refractivity contribution in [3.63, 3.8) is 0 Å². The molecule has 0 aliphatic carbocycles. The maximum absolute atomic E-state index is 11.0. The second-order valence-electron chi connectivity index (χ2n) is 4.81.